The minimum atomic E-state index is -1.38. The normalized spacial score (nSPS) is 15.2. The number of carbonyl (C=O) groups is 3. The predicted octanol–water partition coefficient (Wildman–Crippen LogP) is 6.08. The van der Waals surface area contributed by atoms with Crippen LogP contribution in [0.15, 0.2) is 48.5 Å². The highest BCUT2D eigenvalue weighted by molar-refractivity contribution is 6.00. The van der Waals surface area contributed by atoms with Gasteiger partial charge in [0.15, 0.2) is 6.29 Å². The Hall–Kier alpha value is -5.91. The molecule has 0 fully saturated rings. The van der Waals surface area contributed by atoms with E-state index in [1.54, 1.807) is 14.2 Å². The number of rotatable bonds is 7. The van der Waals surface area contributed by atoms with E-state index in [4.69, 9.17) is 28.4 Å². The van der Waals surface area contributed by atoms with Crippen LogP contribution in [0, 0.1) is 20.8 Å². The lowest BCUT2D eigenvalue weighted by atomic mass is 9.89. The van der Waals surface area contributed by atoms with Crippen LogP contribution in [-0.4, -0.2) is 61.5 Å². The number of hydrogen-bond donors (Lipinski definition) is 3. The van der Waals surface area contributed by atoms with E-state index in [0.29, 0.717) is 18.5 Å². The largest absolute Gasteiger partial charge is 0.507 e. The van der Waals surface area contributed by atoms with Crippen LogP contribution in [0.4, 0.5) is 0 Å². The monoisotopic (exact) mass is 658 g/mol. The molecule has 2 heterocycles. The molecule has 4 aromatic rings. The van der Waals surface area contributed by atoms with Gasteiger partial charge in [0, 0.05) is 28.8 Å². The minimum absolute atomic E-state index is 0.00163. The zero-order valence-electron chi connectivity index (χ0n) is 27.1. The molecule has 12 nitrogen and oxygen atoms in total. The summed E-state index contributed by atoms with van der Waals surface area (Å²) < 4.78 is 32.8. The summed E-state index contributed by atoms with van der Waals surface area (Å²) >= 11 is 0. The van der Waals surface area contributed by atoms with Gasteiger partial charge in [-0.2, -0.15) is 0 Å². The Kier molecular flexibility index (Phi) is 9.37. The number of hydrogen-bond acceptors (Lipinski definition) is 11. The number of aromatic hydroxyl groups is 2. The molecule has 2 aliphatic rings. The number of fused-ring (bicyclic) bond motifs is 5. The van der Waals surface area contributed by atoms with Gasteiger partial charge in [0.05, 0.1) is 39.4 Å². The minimum Gasteiger partial charge on any atom is -0.507 e. The highest BCUT2D eigenvalue weighted by Crippen LogP contribution is 2.52. The molecule has 6 rings (SSSR count). The molecule has 0 aromatic heterocycles. The van der Waals surface area contributed by atoms with E-state index in [9.17, 15) is 29.7 Å². The van der Waals surface area contributed by atoms with Gasteiger partial charge >= 0.3 is 11.9 Å². The molecule has 0 saturated heterocycles. The number of phenolic OH excluding ortho intramolecular Hbond substituents is 1. The first-order valence-corrected chi connectivity index (χ1v) is 14.7. The Morgan fingerprint density at radius 3 is 2.02 bits per heavy atom. The second-order valence-electron chi connectivity index (χ2n) is 11.1. The van der Waals surface area contributed by atoms with Gasteiger partial charge in [0.25, 0.3) is 0 Å². The zero-order valence-corrected chi connectivity index (χ0v) is 27.1. The SMILES string of the molecule is COc1cc(C)c(C(=O)Oc2cc(C)c(O)c(C(=O)O)c2C)c(O)c1C=O.COc1ccc2c(c1)OC1c3ccc(OC)cc3OCC21. The first-order chi connectivity index (χ1) is 22.9. The number of carboxylic acid groups (broad SMARTS) is 1. The molecule has 4 aromatic carbocycles. The number of benzene rings is 4. The molecule has 250 valence electrons. The van der Waals surface area contributed by atoms with E-state index >= 15 is 0 Å². The van der Waals surface area contributed by atoms with E-state index in [1.165, 1.54) is 45.6 Å². The molecular formula is C36H34O12. The van der Waals surface area contributed by atoms with Crippen LogP contribution in [0.1, 0.15) is 70.9 Å². The van der Waals surface area contributed by atoms with Crippen molar-refractivity contribution in [3.05, 3.63) is 93.0 Å². The number of aryl methyl sites for hydroxylation is 2. The fourth-order valence-electron chi connectivity index (χ4n) is 5.79. The van der Waals surface area contributed by atoms with E-state index in [0.717, 1.165) is 28.6 Å². The van der Waals surface area contributed by atoms with Gasteiger partial charge in [-0.3, -0.25) is 4.79 Å². The molecule has 0 amide bonds. The fourth-order valence-corrected chi connectivity index (χ4v) is 5.79. The maximum atomic E-state index is 12.6. The number of aromatic carboxylic acids is 1. The first kappa shape index (κ1) is 33.5. The Morgan fingerprint density at radius 1 is 0.792 bits per heavy atom. The van der Waals surface area contributed by atoms with Crippen molar-refractivity contribution in [2.24, 2.45) is 0 Å². The smallest absolute Gasteiger partial charge is 0.347 e. The Balaban J connectivity index is 0.000000193. The van der Waals surface area contributed by atoms with Gasteiger partial charge in [0.1, 0.15) is 63.2 Å². The van der Waals surface area contributed by atoms with Gasteiger partial charge in [-0.25, -0.2) is 9.59 Å². The number of methoxy groups -OCH3 is 3. The van der Waals surface area contributed by atoms with Gasteiger partial charge in [-0.05, 0) is 62.2 Å². The van der Waals surface area contributed by atoms with Crippen LogP contribution < -0.4 is 28.4 Å². The summed E-state index contributed by atoms with van der Waals surface area (Å²) in [6.07, 6.45) is 0.352. The molecule has 12 heteroatoms. The van der Waals surface area contributed by atoms with Crippen LogP contribution in [-0.2, 0) is 0 Å². The first-order valence-electron chi connectivity index (χ1n) is 14.7. The molecule has 0 radical (unpaired) electrons. The standard InChI is InChI=1S/C19H18O8.C17H16O4/c1-8-5-13(26-4)11(7-20)17(22)14(8)19(25)27-12-6-9(2)16(21)15(10(12)3)18(23)24;1-18-10-4-6-13-15(7-10)20-9-14-12-5-3-11(19-2)8-16(12)21-17(13)14/h5-7,21-22H,1-4H3,(H,23,24);3-8,14,17H,9H2,1-2H3. The number of esters is 1. The molecule has 3 N–H and O–H groups in total. The van der Waals surface area contributed by atoms with Crippen LogP contribution >= 0.6 is 0 Å². The van der Waals surface area contributed by atoms with E-state index in [2.05, 4.69) is 6.07 Å². The molecule has 0 spiro atoms. The Labute approximate surface area is 276 Å². The van der Waals surface area contributed by atoms with Gasteiger partial charge < -0.3 is 43.7 Å². The maximum absolute atomic E-state index is 12.6. The number of carbonyl (C=O) groups excluding carboxylic acids is 2. The highest BCUT2D eigenvalue weighted by atomic mass is 16.5. The molecule has 2 unspecified atom stereocenters. The average Bonchev–Trinajstić information content (AvgIpc) is 3.45. The second-order valence-corrected chi connectivity index (χ2v) is 11.1. The lowest BCUT2D eigenvalue weighted by Crippen LogP contribution is -2.23. The van der Waals surface area contributed by atoms with Crippen molar-refractivity contribution < 1.29 is 58.1 Å². The van der Waals surface area contributed by atoms with Crippen LogP contribution in [0.25, 0.3) is 0 Å². The number of ether oxygens (including phenoxy) is 6. The number of aldehydes is 1. The Morgan fingerprint density at radius 2 is 1.42 bits per heavy atom. The molecule has 2 aliphatic heterocycles. The van der Waals surface area contributed by atoms with Crippen molar-refractivity contribution >= 4 is 18.2 Å². The zero-order chi connectivity index (χ0) is 34.9. The summed E-state index contributed by atoms with van der Waals surface area (Å²) in [5, 5.41) is 29.5. The summed E-state index contributed by atoms with van der Waals surface area (Å²) in [5.74, 6) is 0.186. The molecular weight excluding hydrogens is 624 g/mol. The van der Waals surface area contributed by atoms with Gasteiger partial charge in [0.2, 0.25) is 0 Å². The third kappa shape index (κ3) is 5.99. The summed E-state index contributed by atoms with van der Waals surface area (Å²) in [6.45, 7) is 4.97. The van der Waals surface area contributed by atoms with Crippen molar-refractivity contribution in [1.82, 2.24) is 0 Å². The topological polar surface area (TPSA) is 167 Å². The third-order valence-electron chi connectivity index (χ3n) is 8.35. The lowest BCUT2D eigenvalue weighted by Gasteiger charge is -2.28. The molecule has 0 bridgehead atoms. The van der Waals surface area contributed by atoms with E-state index < -0.39 is 23.4 Å². The van der Waals surface area contributed by atoms with Gasteiger partial charge in [-0.1, -0.05) is 6.07 Å². The third-order valence-corrected chi connectivity index (χ3v) is 8.35. The summed E-state index contributed by atoms with van der Waals surface area (Å²) in [4.78, 5) is 35.2. The highest BCUT2D eigenvalue weighted by Gasteiger charge is 2.41. The van der Waals surface area contributed by atoms with E-state index in [1.807, 2.05) is 30.3 Å². The molecule has 48 heavy (non-hydrogen) atoms. The van der Waals surface area contributed by atoms with Crippen LogP contribution in [0.3, 0.4) is 0 Å². The van der Waals surface area contributed by atoms with E-state index in [-0.39, 0.29) is 51.3 Å². The summed E-state index contributed by atoms with van der Waals surface area (Å²) in [5.41, 5.74) is 1.95. The predicted molar refractivity (Wildman–Crippen MR) is 172 cm³/mol. The van der Waals surface area contributed by atoms with Crippen molar-refractivity contribution in [3.8, 4) is 46.0 Å². The summed E-state index contributed by atoms with van der Waals surface area (Å²) in [7, 11) is 4.63. The van der Waals surface area contributed by atoms with Crippen LogP contribution in [0.2, 0.25) is 0 Å². The maximum Gasteiger partial charge on any atom is 0.347 e. The second kappa shape index (κ2) is 13.4. The quantitative estimate of drug-likeness (QED) is 0.119. The number of phenols is 2. The van der Waals surface area contributed by atoms with Crippen molar-refractivity contribution in [3.63, 3.8) is 0 Å². The average molecular weight is 659 g/mol. The fraction of sp³-hybridized carbons (Fsp3) is 0.250. The van der Waals surface area contributed by atoms with Crippen molar-refractivity contribution in [2.45, 2.75) is 32.8 Å². The van der Waals surface area contributed by atoms with Gasteiger partial charge in [-0.15, -0.1) is 0 Å². The molecule has 2 atom stereocenters. The molecule has 0 saturated carbocycles. The summed E-state index contributed by atoms with van der Waals surface area (Å²) in [6, 6.07) is 14.6. The van der Waals surface area contributed by atoms with Crippen molar-refractivity contribution in [1.29, 1.82) is 0 Å². The Bertz CT molecular complexity index is 1930. The van der Waals surface area contributed by atoms with Crippen molar-refractivity contribution in [2.75, 3.05) is 27.9 Å². The molecule has 0 aliphatic carbocycles. The van der Waals surface area contributed by atoms with Crippen LogP contribution in [0.5, 0.6) is 46.0 Å². The lowest BCUT2D eigenvalue weighted by molar-refractivity contribution is 0.0681. The number of carboxylic acids is 1.